The topological polar surface area (TPSA) is 63.2 Å². The molecule has 5 unspecified atom stereocenters. The van der Waals surface area contributed by atoms with Gasteiger partial charge in [-0.2, -0.15) is 21.6 Å². The average Bonchev–Trinajstić information content (AvgIpc) is 2.89. The van der Waals surface area contributed by atoms with Crippen LogP contribution in [0.5, 0.6) is 0 Å². The molecule has 2 bridgehead atoms. The van der Waals surface area contributed by atoms with Gasteiger partial charge >= 0.3 is 15.5 Å². The lowest BCUT2D eigenvalue weighted by atomic mass is 9.84. The highest BCUT2D eigenvalue weighted by Gasteiger charge is 2.98. The molecule has 4 saturated carbocycles. The van der Waals surface area contributed by atoms with E-state index in [9.17, 15) is 26.4 Å². The van der Waals surface area contributed by atoms with Crippen molar-refractivity contribution in [2.24, 2.45) is 39.4 Å². The van der Waals surface area contributed by atoms with Crippen LogP contribution >= 0.6 is 0 Å². The average molecular weight is 351 g/mol. The monoisotopic (exact) mass is 351 g/mol. The maximum atomic E-state index is 12.5. The molecule has 1 amide bonds. The van der Waals surface area contributed by atoms with Gasteiger partial charge in [0.2, 0.25) is 5.91 Å². The molecule has 0 aromatic rings. The molecular weight excluding hydrogens is 331 g/mol. The summed E-state index contributed by atoms with van der Waals surface area (Å²) >= 11 is 0. The SMILES string of the molecule is CC1(C)C2C3C(C)(C)C34CC21CC4C(=O)NS(=O)(=O)C(F)(F)F. The van der Waals surface area contributed by atoms with Gasteiger partial charge in [-0.15, -0.1) is 0 Å². The molecule has 4 rings (SSSR count). The molecule has 5 atom stereocenters. The Labute approximate surface area is 133 Å². The molecule has 0 aromatic carbocycles. The lowest BCUT2D eigenvalue weighted by Crippen LogP contribution is -2.44. The fourth-order valence-electron chi connectivity index (χ4n) is 6.95. The van der Waals surface area contributed by atoms with Crippen LogP contribution < -0.4 is 4.72 Å². The number of hydrogen-bond acceptors (Lipinski definition) is 3. The van der Waals surface area contributed by atoms with Crippen molar-refractivity contribution >= 4 is 15.9 Å². The molecule has 130 valence electrons. The summed E-state index contributed by atoms with van der Waals surface area (Å²) in [6, 6.07) is 0. The number of fused-ring (bicyclic) bond motifs is 1. The largest absolute Gasteiger partial charge is 0.516 e. The quantitative estimate of drug-likeness (QED) is 0.832. The van der Waals surface area contributed by atoms with Crippen LogP contribution in [0.25, 0.3) is 0 Å². The first-order chi connectivity index (χ1) is 10.2. The molecule has 0 radical (unpaired) electrons. The predicted molar refractivity (Wildman–Crippen MR) is 75.2 cm³/mol. The Bertz CT molecular complexity index is 742. The summed E-state index contributed by atoms with van der Waals surface area (Å²) < 4.78 is 61.4. The molecule has 23 heavy (non-hydrogen) atoms. The minimum atomic E-state index is -5.63. The molecule has 0 aliphatic heterocycles. The van der Waals surface area contributed by atoms with E-state index in [0.29, 0.717) is 18.3 Å². The zero-order valence-corrected chi connectivity index (χ0v) is 14.2. The summed E-state index contributed by atoms with van der Waals surface area (Å²) in [5.41, 5.74) is -5.80. The summed E-state index contributed by atoms with van der Waals surface area (Å²) in [7, 11) is -5.63. The Morgan fingerprint density at radius 2 is 1.65 bits per heavy atom. The maximum absolute atomic E-state index is 12.5. The number of rotatable bonds is 2. The number of hydrogen-bond donors (Lipinski definition) is 1. The van der Waals surface area contributed by atoms with Crippen molar-refractivity contribution in [1.82, 2.24) is 4.72 Å². The number of alkyl halides is 3. The van der Waals surface area contributed by atoms with Crippen molar-refractivity contribution in [1.29, 1.82) is 0 Å². The fourth-order valence-corrected chi connectivity index (χ4v) is 7.47. The minimum Gasteiger partial charge on any atom is -0.274 e. The van der Waals surface area contributed by atoms with E-state index in [-0.39, 0.29) is 21.7 Å². The van der Waals surface area contributed by atoms with Crippen LogP contribution in [-0.4, -0.2) is 19.8 Å². The Kier molecular flexibility index (Phi) is 2.35. The van der Waals surface area contributed by atoms with E-state index >= 15 is 0 Å². The van der Waals surface area contributed by atoms with Crippen LogP contribution in [0.15, 0.2) is 0 Å². The number of carbonyl (C=O) groups excluding carboxylic acids is 1. The number of nitrogens with one attached hydrogen (secondary N) is 1. The Morgan fingerprint density at radius 1 is 1.09 bits per heavy atom. The van der Waals surface area contributed by atoms with Crippen LogP contribution in [-0.2, 0) is 14.8 Å². The van der Waals surface area contributed by atoms with Gasteiger partial charge in [-0.1, -0.05) is 27.7 Å². The van der Waals surface area contributed by atoms with E-state index in [0.717, 1.165) is 6.42 Å². The Balaban J connectivity index is 1.65. The van der Waals surface area contributed by atoms with Crippen molar-refractivity contribution in [3.8, 4) is 0 Å². The Hall–Kier alpha value is -0.790. The van der Waals surface area contributed by atoms with E-state index in [4.69, 9.17) is 0 Å². The van der Waals surface area contributed by atoms with Gasteiger partial charge in [0.05, 0.1) is 0 Å². The predicted octanol–water partition coefficient (Wildman–Crippen LogP) is 2.66. The number of amides is 1. The van der Waals surface area contributed by atoms with Crippen LogP contribution in [0.2, 0.25) is 0 Å². The van der Waals surface area contributed by atoms with Gasteiger partial charge < -0.3 is 0 Å². The first-order valence-electron chi connectivity index (χ1n) is 7.80. The lowest BCUT2D eigenvalue weighted by Gasteiger charge is -2.23. The molecule has 4 aliphatic rings. The second-order valence-corrected chi connectivity index (χ2v) is 10.6. The molecule has 8 heteroatoms. The minimum absolute atomic E-state index is 0.0111. The van der Waals surface area contributed by atoms with Crippen molar-refractivity contribution in [2.75, 3.05) is 0 Å². The zero-order chi connectivity index (χ0) is 17.4. The van der Waals surface area contributed by atoms with Crippen molar-refractivity contribution in [3.63, 3.8) is 0 Å². The highest BCUT2D eigenvalue weighted by molar-refractivity contribution is 7.90. The maximum Gasteiger partial charge on any atom is 0.516 e. The van der Waals surface area contributed by atoms with Crippen LogP contribution in [0.1, 0.15) is 40.5 Å². The van der Waals surface area contributed by atoms with Gasteiger partial charge in [-0.25, -0.2) is 4.72 Å². The normalized spacial score (nSPS) is 47.7. The number of sulfonamides is 1. The molecule has 0 aromatic heterocycles. The van der Waals surface area contributed by atoms with Gasteiger partial charge in [0, 0.05) is 5.92 Å². The summed E-state index contributed by atoms with van der Waals surface area (Å²) in [6.07, 6.45) is 1.34. The van der Waals surface area contributed by atoms with E-state index in [1.807, 2.05) is 0 Å². The highest BCUT2D eigenvalue weighted by atomic mass is 32.2. The molecule has 0 saturated heterocycles. The molecule has 2 spiro atoms. The van der Waals surface area contributed by atoms with Crippen molar-refractivity contribution in [3.05, 3.63) is 0 Å². The summed E-state index contributed by atoms with van der Waals surface area (Å²) in [6.45, 7) is 8.42. The zero-order valence-electron chi connectivity index (χ0n) is 13.4. The van der Waals surface area contributed by atoms with Gasteiger partial charge in [0.15, 0.2) is 0 Å². The lowest BCUT2D eigenvalue weighted by molar-refractivity contribution is -0.126. The van der Waals surface area contributed by atoms with Crippen LogP contribution in [0.3, 0.4) is 0 Å². The van der Waals surface area contributed by atoms with E-state index in [1.54, 1.807) is 0 Å². The second-order valence-electron chi connectivity index (χ2n) is 8.94. The first-order valence-corrected chi connectivity index (χ1v) is 9.28. The Morgan fingerprint density at radius 3 is 2.13 bits per heavy atom. The number of halogens is 3. The van der Waals surface area contributed by atoms with E-state index < -0.39 is 27.4 Å². The third kappa shape index (κ3) is 1.35. The van der Waals surface area contributed by atoms with Gasteiger partial charge in [-0.05, 0) is 46.3 Å². The van der Waals surface area contributed by atoms with Crippen LogP contribution in [0, 0.1) is 39.4 Å². The van der Waals surface area contributed by atoms with Crippen molar-refractivity contribution in [2.45, 2.75) is 46.0 Å². The van der Waals surface area contributed by atoms with E-state index in [1.165, 1.54) is 4.72 Å². The van der Waals surface area contributed by atoms with Gasteiger partial charge in [0.25, 0.3) is 0 Å². The van der Waals surface area contributed by atoms with E-state index in [2.05, 4.69) is 27.7 Å². The first kappa shape index (κ1) is 15.7. The third-order valence-electron chi connectivity index (χ3n) is 8.01. The summed E-state index contributed by atoms with van der Waals surface area (Å²) in [4.78, 5) is 12.4. The van der Waals surface area contributed by atoms with Gasteiger partial charge in [-0.3, -0.25) is 4.79 Å². The second kappa shape index (κ2) is 3.44. The fraction of sp³-hybridized carbons (Fsp3) is 0.933. The van der Waals surface area contributed by atoms with Gasteiger partial charge in [0.1, 0.15) is 0 Å². The number of carbonyl (C=O) groups is 1. The van der Waals surface area contributed by atoms with Crippen molar-refractivity contribution < 1.29 is 26.4 Å². The molecule has 4 aliphatic carbocycles. The van der Waals surface area contributed by atoms with Crippen LogP contribution in [0.4, 0.5) is 13.2 Å². The molecule has 4 fully saturated rings. The highest BCUT2D eigenvalue weighted by Crippen LogP contribution is 3.02. The molecule has 0 heterocycles. The summed E-state index contributed by atoms with van der Waals surface area (Å²) in [5, 5.41) is 0. The molecular formula is C15H20F3NO3S. The smallest absolute Gasteiger partial charge is 0.274 e. The standard InChI is InChI=1S/C15H20F3NO3S/c1-11(2)8-9-12(3,4)14(9)6-13(8,11)5-7(14)10(20)19-23(21,22)15(16,17)18/h7-9H,5-6H2,1-4H3,(H,19,20). The summed E-state index contributed by atoms with van der Waals surface area (Å²) in [5.74, 6) is -0.801. The third-order valence-corrected chi connectivity index (χ3v) is 9.09. The molecule has 4 nitrogen and oxygen atoms in total. The molecule has 1 N–H and O–H groups in total.